The van der Waals surface area contributed by atoms with Crippen LogP contribution in [0, 0.1) is 0 Å². The average molecular weight is 569 g/mol. The first-order chi connectivity index (χ1) is 17.4. The van der Waals surface area contributed by atoms with Crippen molar-refractivity contribution >= 4 is 57.3 Å². The quantitative estimate of drug-likeness (QED) is 0.209. The Bertz CT molecular complexity index is 1430. The molecule has 0 amide bonds. The van der Waals surface area contributed by atoms with Gasteiger partial charge in [-0.1, -0.05) is 107 Å². The van der Waals surface area contributed by atoms with E-state index in [1.54, 1.807) is 12.1 Å². The lowest BCUT2D eigenvalue weighted by Gasteiger charge is -2.16. The topological polar surface area (TPSA) is 20.2 Å². The van der Waals surface area contributed by atoms with Gasteiger partial charge in [0.05, 0.1) is 10.0 Å². The summed E-state index contributed by atoms with van der Waals surface area (Å²) in [6.07, 6.45) is 0. The zero-order chi connectivity index (χ0) is 25.2. The van der Waals surface area contributed by atoms with Crippen LogP contribution in [0.1, 0.15) is 0 Å². The molecule has 1 N–H and O–H groups in total. The van der Waals surface area contributed by atoms with Gasteiger partial charge in [0, 0.05) is 33.3 Å². The maximum Gasteiger partial charge on any atom is 0.185 e. The summed E-state index contributed by atoms with van der Waals surface area (Å²) in [5.41, 5.74) is 3.25. The predicted octanol–water partition coefficient (Wildman–Crippen LogP) is 10.4. The number of halogens is 4. The van der Waals surface area contributed by atoms with Crippen LogP contribution in [0.5, 0.6) is 5.75 Å². The molecule has 0 radical (unpaired) electrons. The molecule has 5 rings (SSSR count). The van der Waals surface area contributed by atoms with Crippen LogP contribution in [-0.4, -0.2) is 5.11 Å². The highest BCUT2D eigenvalue weighted by Crippen LogP contribution is 2.46. The van der Waals surface area contributed by atoms with Crippen LogP contribution in [0.15, 0.2) is 124 Å². The molecule has 5 aromatic rings. The van der Waals surface area contributed by atoms with Crippen molar-refractivity contribution in [2.75, 3.05) is 0 Å². The van der Waals surface area contributed by atoms with Crippen molar-refractivity contribution in [3.63, 3.8) is 0 Å². The summed E-state index contributed by atoms with van der Waals surface area (Å²) in [5.74, 6) is 0.212. The lowest BCUT2D eigenvalue weighted by molar-refractivity contribution is 0.479. The van der Waals surface area contributed by atoms with Crippen molar-refractivity contribution in [3.8, 4) is 28.0 Å². The van der Waals surface area contributed by atoms with Crippen LogP contribution < -0.4 is 0 Å². The van der Waals surface area contributed by atoms with E-state index in [-0.39, 0.29) is 5.75 Å². The van der Waals surface area contributed by atoms with E-state index in [0.717, 1.165) is 36.9 Å². The fourth-order valence-electron chi connectivity index (χ4n) is 4.06. The maximum atomic E-state index is 11.4. The molecule has 178 valence electrons. The van der Waals surface area contributed by atoms with Crippen molar-refractivity contribution in [1.82, 2.24) is 0 Å². The first-order valence-corrected chi connectivity index (χ1v) is 13.8. The lowest BCUT2D eigenvalue weighted by atomic mass is 9.97. The maximum absolute atomic E-state index is 11.4. The first kappa shape index (κ1) is 25.1. The molecule has 0 saturated heterocycles. The minimum atomic E-state index is -0.723. The van der Waals surface area contributed by atoms with Gasteiger partial charge in [0.1, 0.15) is 16.6 Å². The third kappa shape index (κ3) is 5.11. The van der Waals surface area contributed by atoms with Gasteiger partial charge in [-0.2, -0.15) is 0 Å². The number of phenolic OH excluding ortho intramolecular Hbond substituents is 1. The second kappa shape index (κ2) is 10.8. The SMILES string of the molecule is Oc1c(-c2ccccc2)cc([S+](c2ccc(Cl)cc2Cl)c2ccc(Cl)cc2Cl)cc1-c1ccccc1. The minimum Gasteiger partial charge on any atom is -0.507 e. The number of benzene rings is 5. The molecule has 0 unspecified atom stereocenters. The first-order valence-electron chi connectivity index (χ1n) is 11.0. The third-order valence-electron chi connectivity index (χ3n) is 5.72. The highest BCUT2D eigenvalue weighted by Gasteiger charge is 2.35. The van der Waals surface area contributed by atoms with E-state index in [0.29, 0.717) is 20.1 Å². The molecule has 0 aliphatic heterocycles. The predicted molar refractivity (Wildman–Crippen MR) is 154 cm³/mol. The highest BCUT2D eigenvalue weighted by molar-refractivity contribution is 7.97. The molecule has 0 saturated carbocycles. The Morgan fingerprint density at radius 2 is 0.917 bits per heavy atom. The smallest absolute Gasteiger partial charge is 0.185 e. The number of rotatable bonds is 5. The fourth-order valence-corrected chi connectivity index (χ4v) is 7.47. The van der Waals surface area contributed by atoms with Crippen molar-refractivity contribution < 1.29 is 5.11 Å². The Morgan fingerprint density at radius 1 is 0.500 bits per heavy atom. The zero-order valence-electron chi connectivity index (χ0n) is 18.8. The van der Waals surface area contributed by atoms with Crippen molar-refractivity contribution in [2.24, 2.45) is 0 Å². The molecule has 0 heterocycles. The Kier molecular flexibility index (Phi) is 7.52. The van der Waals surface area contributed by atoms with Gasteiger partial charge < -0.3 is 5.11 Å². The molecular weight excluding hydrogens is 550 g/mol. The Morgan fingerprint density at radius 3 is 1.31 bits per heavy atom. The number of phenols is 1. The molecule has 0 spiro atoms. The van der Waals surface area contributed by atoms with Gasteiger partial charge in [0.25, 0.3) is 0 Å². The molecule has 1 nitrogen and oxygen atoms in total. The van der Waals surface area contributed by atoms with Gasteiger partial charge in [-0.3, -0.25) is 0 Å². The van der Waals surface area contributed by atoms with Gasteiger partial charge in [-0.05, 0) is 47.5 Å². The van der Waals surface area contributed by atoms with E-state index in [2.05, 4.69) is 0 Å². The van der Waals surface area contributed by atoms with Gasteiger partial charge in [0.2, 0.25) is 0 Å². The van der Waals surface area contributed by atoms with Crippen LogP contribution >= 0.6 is 46.4 Å². The zero-order valence-corrected chi connectivity index (χ0v) is 22.6. The molecule has 0 bridgehead atoms. The van der Waals surface area contributed by atoms with E-state index >= 15 is 0 Å². The fraction of sp³-hybridized carbons (Fsp3) is 0. The van der Waals surface area contributed by atoms with Crippen molar-refractivity contribution in [3.05, 3.63) is 129 Å². The Hall–Kier alpha value is -2.59. The van der Waals surface area contributed by atoms with E-state index in [1.807, 2.05) is 97.1 Å². The Balaban J connectivity index is 1.83. The molecule has 6 heteroatoms. The number of aromatic hydroxyl groups is 1. The number of hydrogen-bond acceptors (Lipinski definition) is 1. The largest absolute Gasteiger partial charge is 0.507 e. The average Bonchev–Trinajstić information content (AvgIpc) is 2.88. The van der Waals surface area contributed by atoms with Crippen LogP contribution in [0.25, 0.3) is 22.3 Å². The van der Waals surface area contributed by atoms with E-state index in [9.17, 15) is 5.11 Å². The molecule has 0 aromatic heterocycles. The molecule has 0 atom stereocenters. The summed E-state index contributed by atoms with van der Waals surface area (Å²) in [7, 11) is -0.723. The van der Waals surface area contributed by atoms with Crippen LogP contribution in [0.3, 0.4) is 0 Å². The molecule has 0 aliphatic carbocycles. The Labute approximate surface area is 233 Å². The lowest BCUT2D eigenvalue weighted by Crippen LogP contribution is -2.07. The van der Waals surface area contributed by atoms with Gasteiger partial charge in [-0.25, -0.2) is 0 Å². The monoisotopic (exact) mass is 567 g/mol. The summed E-state index contributed by atoms with van der Waals surface area (Å²) >= 11 is 26.0. The summed E-state index contributed by atoms with van der Waals surface area (Å²) in [4.78, 5) is 2.68. The van der Waals surface area contributed by atoms with Crippen LogP contribution in [0.2, 0.25) is 20.1 Å². The normalized spacial score (nSPS) is 11.1. The number of hydrogen-bond donors (Lipinski definition) is 1. The third-order valence-corrected chi connectivity index (χ3v) is 9.33. The van der Waals surface area contributed by atoms with Gasteiger partial charge in [0.15, 0.2) is 14.7 Å². The summed E-state index contributed by atoms with van der Waals surface area (Å²) in [5, 5.41) is 13.6. The summed E-state index contributed by atoms with van der Waals surface area (Å²) in [6, 6.07) is 34.6. The van der Waals surface area contributed by atoms with E-state index in [4.69, 9.17) is 46.4 Å². The van der Waals surface area contributed by atoms with Crippen LogP contribution in [-0.2, 0) is 10.9 Å². The highest BCUT2D eigenvalue weighted by atomic mass is 35.5. The van der Waals surface area contributed by atoms with E-state index < -0.39 is 10.9 Å². The van der Waals surface area contributed by atoms with E-state index in [1.165, 1.54) is 0 Å². The van der Waals surface area contributed by atoms with Gasteiger partial charge >= 0.3 is 0 Å². The molecule has 36 heavy (non-hydrogen) atoms. The summed E-state index contributed by atoms with van der Waals surface area (Å²) < 4.78 is 0. The van der Waals surface area contributed by atoms with Crippen molar-refractivity contribution in [1.29, 1.82) is 0 Å². The summed E-state index contributed by atoms with van der Waals surface area (Å²) in [6.45, 7) is 0. The molecule has 0 fully saturated rings. The van der Waals surface area contributed by atoms with Crippen molar-refractivity contribution in [2.45, 2.75) is 14.7 Å². The molecule has 0 aliphatic rings. The van der Waals surface area contributed by atoms with Crippen LogP contribution in [0.4, 0.5) is 0 Å². The second-order valence-corrected chi connectivity index (χ2v) is 11.7. The molecular formula is C30H19Cl4OS+. The minimum absolute atomic E-state index is 0.212. The standard InChI is InChI=1S/C30H18Cl4OS/c31-21-11-13-28(26(33)15-21)36(29-14-12-22(32)16-27(29)34)23-17-24(19-7-3-1-4-8-19)30(35)25(18-23)20-9-5-2-6-10-20/h1-18H/p+1. The molecule has 5 aromatic carbocycles. The van der Waals surface area contributed by atoms with Gasteiger partial charge in [-0.15, -0.1) is 0 Å². The second-order valence-electron chi connectivity index (χ2n) is 8.05.